The van der Waals surface area contributed by atoms with E-state index in [1.165, 1.54) is 10.9 Å². The molecule has 0 aliphatic heterocycles. The van der Waals surface area contributed by atoms with E-state index in [0.29, 0.717) is 0 Å². The second-order valence-corrected chi connectivity index (χ2v) is 2.39. The van der Waals surface area contributed by atoms with Crippen molar-refractivity contribution in [1.29, 1.82) is 5.26 Å². The first-order valence-electron chi connectivity index (χ1n) is 3.52. The van der Waals surface area contributed by atoms with E-state index in [1.807, 2.05) is 29.8 Å². The van der Waals surface area contributed by atoms with Gasteiger partial charge in [0.1, 0.15) is 0 Å². The first-order valence-corrected chi connectivity index (χ1v) is 3.52. The van der Waals surface area contributed by atoms with Crippen molar-refractivity contribution >= 4 is 10.9 Å². The number of para-hydroxylation sites is 1. The van der Waals surface area contributed by atoms with Gasteiger partial charge in [0.25, 0.3) is 0 Å². The van der Waals surface area contributed by atoms with Crippen molar-refractivity contribution in [2.24, 2.45) is 7.05 Å². The first-order chi connectivity index (χ1) is 5.88. The third-order valence-electron chi connectivity index (χ3n) is 1.71. The van der Waals surface area contributed by atoms with E-state index in [0.717, 1.165) is 0 Å². The van der Waals surface area contributed by atoms with E-state index >= 15 is 0 Å². The van der Waals surface area contributed by atoms with E-state index in [-0.39, 0.29) is 17.1 Å². The summed E-state index contributed by atoms with van der Waals surface area (Å²) in [5, 5.41) is 7.50. The number of fused-ring (bicyclic) bond motifs is 1. The van der Waals surface area contributed by atoms with Crippen LogP contribution in [0.15, 0.2) is 30.3 Å². The summed E-state index contributed by atoms with van der Waals surface area (Å²) in [5.41, 5.74) is 1.24. The summed E-state index contributed by atoms with van der Waals surface area (Å²) in [4.78, 5) is 0. The van der Waals surface area contributed by atoms with Gasteiger partial charge in [0.2, 0.25) is 0 Å². The minimum absolute atomic E-state index is 0. The van der Waals surface area contributed by atoms with Crippen molar-refractivity contribution in [1.82, 2.24) is 4.57 Å². The molecule has 0 aliphatic rings. The van der Waals surface area contributed by atoms with Crippen LogP contribution >= 0.6 is 0 Å². The van der Waals surface area contributed by atoms with Crippen molar-refractivity contribution < 1.29 is 17.1 Å². The third-order valence-corrected chi connectivity index (χ3v) is 1.71. The first kappa shape index (κ1) is 11.8. The van der Waals surface area contributed by atoms with Crippen LogP contribution in [0.5, 0.6) is 0 Å². The molecule has 2 aromatic rings. The Morgan fingerprint density at radius 2 is 1.92 bits per heavy atom. The largest absolute Gasteiger partial charge is 2.00 e. The van der Waals surface area contributed by atoms with Crippen LogP contribution in [-0.4, -0.2) is 4.57 Å². The van der Waals surface area contributed by atoms with Gasteiger partial charge in [-0.15, -0.1) is 23.8 Å². The minimum Gasteiger partial charge on any atom is -0.512 e. The molecule has 0 atom stereocenters. The number of hydrogen-bond acceptors (Lipinski definition) is 1. The number of benzene rings is 1. The standard InChI is InChI=1S/C9H8N.CN.Cu/c1-10-7-6-8-4-2-3-5-9(8)10;1-2;/h2-6H,1H3;;/q2*-1;+2. The zero-order valence-electron chi connectivity index (χ0n) is 7.08. The van der Waals surface area contributed by atoms with Gasteiger partial charge in [-0.2, -0.15) is 11.5 Å². The van der Waals surface area contributed by atoms with Crippen LogP contribution in [0.3, 0.4) is 0 Å². The van der Waals surface area contributed by atoms with Gasteiger partial charge in [0.15, 0.2) is 0 Å². The van der Waals surface area contributed by atoms with Gasteiger partial charge in [0.05, 0.1) is 0 Å². The number of nitrogens with zero attached hydrogens (tertiary/aromatic N) is 2. The Morgan fingerprint density at radius 3 is 2.54 bits per heavy atom. The summed E-state index contributed by atoms with van der Waals surface area (Å²) >= 11 is 0. The smallest absolute Gasteiger partial charge is 0.512 e. The van der Waals surface area contributed by atoms with E-state index in [1.54, 1.807) is 0 Å². The van der Waals surface area contributed by atoms with E-state index in [9.17, 15) is 0 Å². The molecular weight excluding hydrogens is 212 g/mol. The fourth-order valence-electron chi connectivity index (χ4n) is 1.15. The Hall–Kier alpha value is -1.23. The van der Waals surface area contributed by atoms with Gasteiger partial charge >= 0.3 is 17.1 Å². The van der Waals surface area contributed by atoms with Gasteiger partial charge in [-0.1, -0.05) is 12.1 Å². The summed E-state index contributed by atoms with van der Waals surface area (Å²) in [6.07, 6.45) is 3.09. The van der Waals surface area contributed by atoms with E-state index in [2.05, 4.69) is 18.3 Å². The Morgan fingerprint density at radius 1 is 1.31 bits per heavy atom. The number of hydrogen-bond donors (Lipinski definition) is 0. The van der Waals surface area contributed by atoms with Crippen LogP contribution in [0.1, 0.15) is 0 Å². The zero-order valence-corrected chi connectivity index (χ0v) is 8.02. The number of aromatic nitrogens is 1. The fraction of sp³-hybridized carbons (Fsp3) is 0.100. The molecule has 0 bridgehead atoms. The summed E-state index contributed by atoms with van der Waals surface area (Å²) in [6, 6.07) is 10.2. The van der Waals surface area contributed by atoms with E-state index in [4.69, 9.17) is 11.8 Å². The molecule has 0 unspecified atom stereocenters. The van der Waals surface area contributed by atoms with Gasteiger partial charge in [-0.25, -0.2) is 0 Å². The molecule has 0 fully saturated rings. The molecule has 0 N–H and O–H groups in total. The Kier molecular flexibility index (Phi) is 4.91. The maximum atomic E-state index is 6.25. The van der Waals surface area contributed by atoms with Crippen LogP contribution in [0, 0.1) is 18.0 Å². The molecule has 2 rings (SSSR count). The second-order valence-electron chi connectivity index (χ2n) is 2.39. The second kappa shape index (κ2) is 5.42. The molecular formula is C10H8CuN2. The summed E-state index contributed by atoms with van der Waals surface area (Å²) in [6.45, 7) is 4.75. The minimum atomic E-state index is 0. The maximum Gasteiger partial charge on any atom is 2.00 e. The fourth-order valence-corrected chi connectivity index (χ4v) is 1.15. The number of aryl methyl sites for hydroxylation is 1. The molecule has 1 radical (unpaired) electrons. The van der Waals surface area contributed by atoms with Crippen LogP contribution in [-0.2, 0) is 24.1 Å². The van der Waals surface area contributed by atoms with Crippen LogP contribution < -0.4 is 0 Å². The van der Waals surface area contributed by atoms with E-state index < -0.39 is 0 Å². The van der Waals surface area contributed by atoms with Crippen molar-refractivity contribution in [3.05, 3.63) is 43.1 Å². The Bertz CT molecular complexity index is 390. The van der Waals surface area contributed by atoms with Crippen LogP contribution in [0.4, 0.5) is 0 Å². The molecule has 0 saturated heterocycles. The average Bonchev–Trinajstić information content (AvgIpc) is 2.53. The summed E-state index contributed by atoms with van der Waals surface area (Å²) < 4.78 is 2.00. The molecule has 1 aromatic heterocycles. The molecule has 0 amide bonds. The van der Waals surface area contributed by atoms with Crippen molar-refractivity contribution in [2.75, 3.05) is 0 Å². The molecule has 1 heterocycles. The third kappa shape index (κ3) is 2.35. The molecule has 2 nitrogen and oxygen atoms in total. The SMILES string of the molecule is Cn1[c-]cc2ccccc21.[C-]#N.[Cu+2]. The van der Waals surface area contributed by atoms with Crippen LogP contribution in [0.25, 0.3) is 10.9 Å². The monoisotopic (exact) mass is 219 g/mol. The van der Waals surface area contributed by atoms with Gasteiger partial charge in [-0.05, 0) is 7.05 Å². The summed E-state index contributed by atoms with van der Waals surface area (Å²) in [5.74, 6) is 0. The van der Waals surface area contributed by atoms with Gasteiger partial charge < -0.3 is 16.4 Å². The van der Waals surface area contributed by atoms with Crippen LogP contribution in [0.2, 0.25) is 0 Å². The molecule has 1 aromatic carbocycles. The maximum absolute atomic E-state index is 6.25. The van der Waals surface area contributed by atoms with Gasteiger partial charge in [-0.3, -0.25) is 0 Å². The predicted molar refractivity (Wildman–Crippen MR) is 46.7 cm³/mol. The Labute approximate surface area is 88.3 Å². The topological polar surface area (TPSA) is 28.7 Å². The number of rotatable bonds is 0. The van der Waals surface area contributed by atoms with Crippen molar-refractivity contribution in [2.45, 2.75) is 0 Å². The zero-order chi connectivity index (χ0) is 8.97. The predicted octanol–water partition coefficient (Wildman–Crippen LogP) is 2.07. The molecule has 69 valence electrons. The normalized spacial score (nSPS) is 8.23. The average molecular weight is 220 g/mol. The molecule has 13 heavy (non-hydrogen) atoms. The molecule has 0 aliphatic carbocycles. The van der Waals surface area contributed by atoms with Gasteiger partial charge in [0, 0.05) is 0 Å². The van der Waals surface area contributed by atoms with Crippen molar-refractivity contribution in [3.8, 4) is 0 Å². The quantitative estimate of drug-likeness (QED) is 0.493. The summed E-state index contributed by atoms with van der Waals surface area (Å²) in [7, 11) is 2.00. The van der Waals surface area contributed by atoms with Crippen molar-refractivity contribution in [3.63, 3.8) is 0 Å². The molecule has 0 saturated carbocycles. The molecule has 3 heteroatoms. The Balaban J connectivity index is 0.000000451. The molecule has 0 spiro atoms.